The van der Waals surface area contributed by atoms with Crippen molar-refractivity contribution in [2.75, 3.05) is 0 Å². The Morgan fingerprint density at radius 2 is 1.96 bits per heavy atom. The Hall–Kier alpha value is -2.70. The van der Waals surface area contributed by atoms with Crippen molar-refractivity contribution in [3.05, 3.63) is 58.0 Å². The summed E-state index contributed by atoms with van der Waals surface area (Å²) in [4.78, 5) is 34.7. The third-order valence-electron chi connectivity index (χ3n) is 3.66. The second-order valence-electron chi connectivity index (χ2n) is 5.71. The minimum atomic E-state index is -0.664. The maximum atomic E-state index is 11.9. The molecule has 3 N–H and O–H groups in total. The number of nitrogens with one attached hydrogen (secondary N) is 1. The van der Waals surface area contributed by atoms with E-state index in [9.17, 15) is 9.59 Å². The van der Waals surface area contributed by atoms with Crippen LogP contribution >= 0.6 is 23.2 Å². The highest BCUT2D eigenvalue weighted by molar-refractivity contribution is 6.36. The Labute approximate surface area is 159 Å². The van der Waals surface area contributed by atoms with Crippen LogP contribution in [0.15, 0.2) is 36.5 Å². The van der Waals surface area contributed by atoms with Gasteiger partial charge < -0.3 is 10.7 Å². The molecule has 8 heteroatoms. The molecular weight excluding hydrogens is 375 g/mol. The van der Waals surface area contributed by atoms with Crippen LogP contribution in [0.2, 0.25) is 10.0 Å². The van der Waals surface area contributed by atoms with E-state index >= 15 is 0 Å². The number of carbonyl (C=O) groups is 2. The number of imidazole rings is 1. The molecule has 0 bridgehead atoms. The van der Waals surface area contributed by atoms with Crippen molar-refractivity contribution in [2.45, 2.75) is 13.3 Å². The number of ketones is 1. The highest BCUT2D eigenvalue weighted by Gasteiger charge is 2.20. The van der Waals surface area contributed by atoms with Gasteiger partial charge in [0.2, 0.25) is 0 Å². The molecular formula is C18H14Cl2N4O2. The number of amides is 1. The Balaban J connectivity index is 2.11. The summed E-state index contributed by atoms with van der Waals surface area (Å²) in [6, 6.07) is 8.35. The zero-order chi connectivity index (χ0) is 18.8. The molecule has 0 saturated heterocycles. The molecule has 0 fully saturated rings. The smallest absolute Gasteiger partial charge is 0.267 e. The van der Waals surface area contributed by atoms with Crippen LogP contribution in [0.1, 0.15) is 23.1 Å². The number of rotatable bonds is 5. The van der Waals surface area contributed by atoms with Gasteiger partial charge in [0.05, 0.1) is 5.02 Å². The van der Waals surface area contributed by atoms with Gasteiger partial charge in [0.25, 0.3) is 5.91 Å². The van der Waals surface area contributed by atoms with Crippen LogP contribution in [-0.4, -0.2) is 26.6 Å². The molecule has 132 valence electrons. The van der Waals surface area contributed by atoms with Crippen molar-refractivity contribution in [3.63, 3.8) is 0 Å². The van der Waals surface area contributed by atoms with Gasteiger partial charge in [-0.3, -0.25) is 14.6 Å². The molecule has 0 spiro atoms. The zero-order valence-corrected chi connectivity index (χ0v) is 15.2. The lowest BCUT2D eigenvalue weighted by Gasteiger charge is -2.03. The van der Waals surface area contributed by atoms with Gasteiger partial charge in [-0.2, -0.15) is 0 Å². The summed E-state index contributed by atoms with van der Waals surface area (Å²) in [6.45, 7) is 1.49. The van der Waals surface area contributed by atoms with E-state index in [1.165, 1.54) is 6.92 Å². The van der Waals surface area contributed by atoms with Gasteiger partial charge in [0, 0.05) is 34.5 Å². The number of primary amides is 1. The van der Waals surface area contributed by atoms with Crippen molar-refractivity contribution in [1.29, 1.82) is 0 Å². The first-order valence-electron chi connectivity index (χ1n) is 7.65. The SMILES string of the molecule is CC(=O)Cc1cc(-c2nc(-c3ccc(Cl)cc3Cl)c(C(N)=O)[nH]2)ccn1. The molecule has 0 aliphatic heterocycles. The predicted molar refractivity (Wildman–Crippen MR) is 100 cm³/mol. The fourth-order valence-electron chi connectivity index (χ4n) is 2.54. The lowest BCUT2D eigenvalue weighted by atomic mass is 10.1. The molecule has 1 aromatic carbocycles. The lowest BCUT2D eigenvalue weighted by molar-refractivity contribution is -0.116. The van der Waals surface area contributed by atoms with E-state index in [0.717, 1.165) is 0 Å². The summed E-state index contributed by atoms with van der Waals surface area (Å²) < 4.78 is 0. The number of H-pyrrole nitrogens is 1. The van der Waals surface area contributed by atoms with Crippen molar-refractivity contribution in [1.82, 2.24) is 15.0 Å². The summed E-state index contributed by atoms with van der Waals surface area (Å²) in [5, 5.41) is 0.822. The summed E-state index contributed by atoms with van der Waals surface area (Å²) in [5.41, 5.74) is 7.77. The average Bonchev–Trinajstić information content (AvgIpc) is 3.00. The van der Waals surface area contributed by atoms with E-state index in [1.807, 2.05) is 0 Å². The van der Waals surface area contributed by atoms with Crippen LogP contribution in [0, 0.1) is 0 Å². The number of aromatic amines is 1. The molecule has 26 heavy (non-hydrogen) atoms. The van der Waals surface area contributed by atoms with Gasteiger partial charge in [-0.15, -0.1) is 0 Å². The molecule has 1 amide bonds. The zero-order valence-electron chi connectivity index (χ0n) is 13.7. The molecule has 0 aliphatic carbocycles. The minimum Gasteiger partial charge on any atom is -0.364 e. The number of halogens is 2. The van der Waals surface area contributed by atoms with E-state index in [2.05, 4.69) is 15.0 Å². The van der Waals surface area contributed by atoms with Gasteiger partial charge in [0.1, 0.15) is 23.0 Å². The molecule has 0 radical (unpaired) electrons. The topological polar surface area (TPSA) is 102 Å². The van der Waals surface area contributed by atoms with E-state index < -0.39 is 5.91 Å². The first-order chi connectivity index (χ1) is 12.3. The second kappa shape index (κ2) is 7.27. The number of Topliss-reactive ketones (excluding diaryl/α,β-unsaturated/α-hetero) is 1. The van der Waals surface area contributed by atoms with E-state index in [-0.39, 0.29) is 17.9 Å². The number of nitrogens with zero attached hydrogens (tertiary/aromatic N) is 2. The van der Waals surface area contributed by atoms with Crippen LogP contribution in [-0.2, 0) is 11.2 Å². The number of nitrogens with two attached hydrogens (primary N) is 1. The molecule has 2 heterocycles. The fraction of sp³-hybridized carbons (Fsp3) is 0.111. The van der Waals surface area contributed by atoms with E-state index in [1.54, 1.807) is 36.5 Å². The van der Waals surface area contributed by atoms with Crippen LogP contribution in [0.3, 0.4) is 0 Å². The quantitative estimate of drug-likeness (QED) is 0.695. The Morgan fingerprint density at radius 1 is 1.19 bits per heavy atom. The Bertz CT molecular complexity index is 1010. The summed E-state index contributed by atoms with van der Waals surface area (Å²) in [6.07, 6.45) is 1.79. The van der Waals surface area contributed by atoms with Gasteiger partial charge >= 0.3 is 0 Å². The van der Waals surface area contributed by atoms with Crippen molar-refractivity contribution in [3.8, 4) is 22.6 Å². The molecule has 0 aliphatic rings. The van der Waals surface area contributed by atoms with Crippen molar-refractivity contribution in [2.24, 2.45) is 5.73 Å². The molecule has 3 rings (SSSR count). The predicted octanol–water partition coefficient (Wildman–Crippen LogP) is 3.68. The first-order valence-corrected chi connectivity index (χ1v) is 8.40. The molecule has 2 aromatic heterocycles. The summed E-state index contributed by atoms with van der Waals surface area (Å²) in [5.74, 6) is -0.240. The normalized spacial score (nSPS) is 10.7. The van der Waals surface area contributed by atoms with Gasteiger partial charge in [-0.05, 0) is 37.3 Å². The minimum absolute atomic E-state index is 0.000514. The number of hydrogen-bond donors (Lipinski definition) is 2. The van der Waals surface area contributed by atoms with Gasteiger partial charge in [0.15, 0.2) is 0 Å². The molecule has 3 aromatic rings. The highest BCUT2D eigenvalue weighted by Crippen LogP contribution is 2.33. The largest absolute Gasteiger partial charge is 0.364 e. The molecule has 0 saturated carbocycles. The third-order valence-corrected chi connectivity index (χ3v) is 4.20. The molecule has 0 atom stereocenters. The number of aromatic nitrogens is 3. The van der Waals surface area contributed by atoms with Crippen LogP contribution in [0.4, 0.5) is 0 Å². The van der Waals surface area contributed by atoms with Gasteiger partial charge in [-0.25, -0.2) is 4.98 Å². The summed E-state index contributed by atoms with van der Waals surface area (Å²) in [7, 11) is 0. The Morgan fingerprint density at radius 3 is 2.62 bits per heavy atom. The second-order valence-corrected chi connectivity index (χ2v) is 6.56. The lowest BCUT2D eigenvalue weighted by Crippen LogP contribution is -2.12. The van der Waals surface area contributed by atoms with Crippen LogP contribution in [0.5, 0.6) is 0 Å². The highest BCUT2D eigenvalue weighted by atomic mass is 35.5. The monoisotopic (exact) mass is 388 g/mol. The number of carbonyl (C=O) groups excluding carboxylic acids is 2. The fourth-order valence-corrected chi connectivity index (χ4v) is 3.04. The van der Waals surface area contributed by atoms with Crippen molar-refractivity contribution < 1.29 is 9.59 Å². The Kier molecular flexibility index (Phi) is 5.06. The van der Waals surface area contributed by atoms with E-state index in [0.29, 0.717) is 38.4 Å². The maximum absolute atomic E-state index is 11.9. The third kappa shape index (κ3) is 3.76. The van der Waals surface area contributed by atoms with Gasteiger partial charge in [-0.1, -0.05) is 23.2 Å². The average molecular weight is 389 g/mol. The van der Waals surface area contributed by atoms with E-state index in [4.69, 9.17) is 28.9 Å². The number of benzene rings is 1. The number of pyridine rings is 1. The van der Waals surface area contributed by atoms with Crippen LogP contribution < -0.4 is 5.73 Å². The molecule has 6 nitrogen and oxygen atoms in total. The standard InChI is InChI=1S/C18H14Cl2N4O2/c1-9(25)6-12-7-10(4-5-22-12)18-23-15(16(24-18)17(21)26)13-3-2-11(19)8-14(13)20/h2-5,7-8H,6H2,1H3,(H2,21,26)(H,23,24). The first kappa shape index (κ1) is 18.1. The van der Waals surface area contributed by atoms with Crippen LogP contribution in [0.25, 0.3) is 22.6 Å². The summed E-state index contributed by atoms with van der Waals surface area (Å²) >= 11 is 12.2. The number of hydrogen-bond acceptors (Lipinski definition) is 4. The molecule has 0 unspecified atom stereocenters. The maximum Gasteiger partial charge on any atom is 0.267 e. The van der Waals surface area contributed by atoms with Crippen molar-refractivity contribution >= 4 is 34.9 Å².